The normalized spacial score (nSPS) is 20.7. The van der Waals surface area contributed by atoms with Crippen LogP contribution in [0.3, 0.4) is 0 Å². The second-order valence-electron chi connectivity index (χ2n) is 5.12. The summed E-state index contributed by atoms with van der Waals surface area (Å²) in [5.74, 6) is 0.604. The van der Waals surface area contributed by atoms with Crippen molar-refractivity contribution in [1.29, 1.82) is 0 Å². The predicted molar refractivity (Wildman–Crippen MR) is 83.9 cm³/mol. The third-order valence-corrected chi connectivity index (χ3v) is 3.89. The van der Waals surface area contributed by atoms with Crippen LogP contribution in [-0.4, -0.2) is 50.5 Å². The molecule has 1 aliphatic rings. The SMILES string of the molecule is CCOc1c(Cl)cc(C(=O)NCC2CNCC2O)cc1OC. The van der Waals surface area contributed by atoms with Gasteiger partial charge in [-0.15, -0.1) is 0 Å². The molecule has 2 rings (SSSR count). The number of benzene rings is 1. The van der Waals surface area contributed by atoms with E-state index < -0.39 is 6.10 Å². The quantitative estimate of drug-likeness (QED) is 0.727. The fourth-order valence-electron chi connectivity index (χ4n) is 2.39. The van der Waals surface area contributed by atoms with Gasteiger partial charge in [0.15, 0.2) is 11.5 Å². The van der Waals surface area contributed by atoms with Crippen LogP contribution in [0, 0.1) is 5.92 Å². The molecular weight excluding hydrogens is 308 g/mol. The van der Waals surface area contributed by atoms with Crippen molar-refractivity contribution in [1.82, 2.24) is 10.6 Å². The molecule has 2 atom stereocenters. The summed E-state index contributed by atoms with van der Waals surface area (Å²) in [4.78, 5) is 12.2. The second kappa shape index (κ2) is 7.67. The Labute approximate surface area is 134 Å². The Bertz CT molecular complexity index is 539. The first-order valence-electron chi connectivity index (χ1n) is 7.24. The summed E-state index contributed by atoms with van der Waals surface area (Å²) in [5.41, 5.74) is 0.394. The smallest absolute Gasteiger partial charge is 0.251 e. The molecule has 1 aromatic rings. The summed E-state index contributed by atoms with van der Waals surface area (Å²) >= 11 is 6.15. The maximum atomic E-state index is 12.2. The number of hydrogen-bond acceptors (Lipinski definition) is 5. The van der Waals surface area contributed by atoms with Crippen molar-refractivity contribution in [2.45, 2.75) is 13.0 Å². The van der Waals surface area contributed by atoms with Crippen LogP contribution in [0.5, 0.6) is 11.5 Å². The molecule has 3 N–H and O–H groups in total. The molecule has 1 amide bonds. The molecule has 1 aromatic carbocycles. The Morgan fingerprint density at radius 1 is 1.50 bits per heavy atom. The number of nitrogens with one attached hydrogen (secondary N) is 2. The third-order valence-electron chi connectivity index (χ3n) is 3.61. The van der Waals surface area contributed by atoms with E-state index >= 15 is 0 Å². The Morgan fingerprint density at radius 2 is 2.27 bits per heavy atom. The van der Waals surface area contributed by atoms with Gasteiger partial charge in [-0.25, -0.2) is 0 Å². The highest BCUT2D eigenvalue weighted by Gasteiger charge is 2.25. The highest BCUT2D eigenvalue weighted by Crippen LogP contribution is 2.36. The number of carbonyl (C=O) groups is 1. The van der Waals surface area contributed by atoms with E-state index in [1.54, 1.807) is 12.1 Å². The van der Waals surface area contributed by atoms with Gasteiger partial charge in [0, 0.05) is 31.1 Å². The van der Waals surface area contributed by atoms with Crippen LogP contribution in [0.25, 0.3) is 0 Å². The monoisotopic (exact) mass is 328 g/mol. The molecule has 0 radical (unpaired) electrons. The molecule has 0 saturated carbocycles. The number of amides is 1. The molecule has 2 unspecified atom stereocenters. The van der Waals surface area contributed by atoms with Gasteiger partial charge < -0.3 is 25.2 Å². The first-order valence-corrected chi connectivity index (χ1v) is 7.61. The van der Waals surface area contributed by atoms with E-state index in [1.807, 2.05) is 6.92 Å². The number of hydrogen-bond donors (Lipinski definition) is 3. The third kappa shape index (κ3) is 3.82. The molecule has 1 fully saturated rings. The van der Waals surface area contributed by atoms with Crippen LogP contribution in [0.4, 0.5) is 0 Å². The van der Waals surface area contributed by atoms with Gasteiger partial charge in [-0.05, 0) is 19.1 Å². The molecule has 0 bridgehead atoms. The maximum absolute atomic E-state index is 12.2. The van der Waals surface area contributed by atoms with E-state index in [0.717, 1.165) is 0 Å². The lowest BCUT2D eigenvalue weighted by molar-refractivity contribution is 0.0926. The van der Waals surface area contributed by atoms with E-state index in [9.17, 15) is 9.90 Å². The molecule has 0 aliphatic carbocycles. The van der Waals surface area contributed by atoms with Crippen LogP contribution in [0.2, 0.25) is 5.02 Å². The Morgan fingerprint density at radius 3 is 2.86 bits per heavy atom. The Kier molecular flexibility index (Phi) is 5.88. The van der Waals surface area contributed by atoms with E-state index in [-0.39, 0.29) is 11.8 Å². The summed E-state index contributed by atoms with van der Waals surface area (Å²) in [5, 5.41) is 15.9. The predicted octanol–water partition coefficient (Wildman–Crippen LogP) is 1.06. The van der Waals surface area contributed by atoms with Gasteiger partial charge in [-0.2, -0.15) is 0 Å². The fraction of sp³-hybridized carbons (Fsp3) is 0.533. The summed E-state index contributed by atoms with van der Waals surface area (Å²) in [6.45, 7) is 3.95. The van der Waals surface area contributed by atoms with E-state index in [0.29, 0.717) is 48.3 Å². The standard InChI is InChI=1S/C15H21ClN2O4/c1-3-22-14-11(16)4-9(5-13(14)21-2)15(20)18-7-10-6-17-8-12(10)19/h4-5,10,12,17,19H,3,6-8H2,1-2H3,(H,18,20). The van der Waals surface area contributed by atoms with Gasteiger partial charge in [0.2, 0.25) is 0 Å². The minimum atomic E-state index is -0.432. The molecular formula is C15H21ClN2O4. The molecule has 7 heteroatoms. The zero-order valence-electron chi connectivity index (χ0n) is 12.7. The Hall–Kier alpha value is -1.50. The van der Waals surface area contributed by atoms with Gasteiger partial charge in [-0.3, -0.25) is 4.79 Å². The molecule has 1 saturated heterocycles. The number of ether oxygens (including phenoxy) is 2. The number of methoxy groups -OCH3 is 1. The van der Waals surface area contributed by atoms with Crippen molar-refractivity contribution in [2.24, 2.45) is 5.92 Å². The lowest BCUT2D eigenvalue weighted by atomic mass is 10.1. The van der Waals surface area contributed by atoms with E-state index in [2.05, 4.69) is 10.6 Å². The second-order valence-corrected chi connectivity index (χ2v) is 5.53. The maximum Gasteiger partial charge on any atom is 0.251 e. The average molecular weight is 329 g/mol. The van der Waals surface area contributed by atoms with Crippen LogP contribution < -0.4 is 20.1 Å². The van der Waals surface area contributed by atoms with Crippen molar-refractivity contribution in [2.75, 3.05) is 33.4 Å². The lowest BCUT2D eigenvalue weighted by Gasteiger charge is -2.16. The van der Waals surface area contributed by atoms with Gasteiger partial charge >= 0.3 is 0 Å². The summed E-state index contributed by atoms with van der Waals surface area (Å²) < 4.78 is 10.6. The van der Waals surface area contributed by atoms with E-state index in [4.69, 9.17) is 21.1 Å². The molecule has 1 aliphatic heterocycles. The molecule has 6 nitrogen and oxygen atoms in total. The highest BCUT2D eigenvalue weighted by molar-refractivity contribution is 6.32. The molecule has 122 valence electrons. The van der Waals surface area contributed by atoms with Gasteiger partial charge in [-0.1, -0.05) is 11.6 Å². The summed E-state index contributed by atoms with van der Waals surface area (Å²) in [7, 11) is 1.50. The van der Waals surface area contributed by atoms with Gasteiger partial charge in [0.05, 0.1) is 24.8 Å². The van der Waals surface area contributed by atoms with Crippen LogP contribution in [0.15, 0.2) is 12.1 Å². The first kappa shape index (κ1) is 16.9. The highest BCUT2D eigenvalue weighted by atomic mass is 35.5. The first-order chi connectivity index (χ1) is 10.6. The van der Waals surface area contributed by atoms with Crippen molar-refractivity contribution >= 4 is 17.5 Å². The van der Waals surface area contributed by atoms with Crippen molar-refractivity contribution in [3.63, 3.8) is 0 Å². The minimum Gasteiger partial charge on any atom is -0.493 e. The number of rotatable bonds is 6. The number of aliphatic hydroxyl groups is 1. The lowest BCUT2D eigenvalue weighted by Crippen LogP contribution is -2.34. The minimum absolute atomic E-state index is 0.0176. The van der Waals surface area contributed by atoms with Crippen molar-refractivity contribution in [3.8, 4) is 11.5 Å². The largest absolute Gasteiger partial charge is 0.493 e. The van der Waals surface area contributed by atoms with Crippen LogP contribution in [0.1, 0.15) is 17.3 Å². The fourth-order valence-corrected chi connectivity index (χ4v) is 2.65. The Balaban J connectivity index is 2.07. The summed E-state index contributed by atoms with van der Waals surface area (Å²) in [6, 6.07) is 3.14. The summed E-state index contributed by atoms with van der Waals surface area (Å²) in [6.07, 6.45) is -0.432. The van der Waals surface area contributed by atoms with Gasteiger partial charge in [0.1, 0.15) is 0 Å². The molecule has 22 heavy (non-hydrogen) atoms. The zero-order chi connectivity index (χ0) is 16.1. The van der Waals surface area contributed by atoms with E-state index in [1.165, 1.54) is 7.11 Å². The van der Waals surface area contributed by atoms with Crippen LogP contribution >= 0.6 is 11.6 Å². The number of β-amino-alcohol motifs (C(OH)–C–C–N with tert-alkyl or cyclic N) is 1. The average Bonchev–Trinajstić information content (AvgIpc) is 2.92. The van der Waals surface area contributed by atoms with Gasteiger partial charge in [0.25, 0.3) is 5.91 Å². The number of carbonyl (C=O) groups excluding carboxylic acids is 1. The number of aliphatic hydroxyl groups excluding tert-OH is 1. The topological polar surface area (TPSA) is 79.8 Å². The molecule has 1 heterocycles. The molecule has 0 aromatic heterocycles. The van der Waals surface area contributed by atoms with Crippen LogP contribution in [-0.2, 0) is 0 Å². The van der Waals surface area contributed by atoms with Crippen molar-refractivity contribution < 1.29 is 19.4 Å². The zero-order valence-corrected chi connectivity index (χ0v) is 13.4. The molecule has 0 spiro atoms. The number of halogens is 1. The van der Waals surface area contributed by atoms with Crippen molar-refractivity contribution in [3.05, 3.63) is 22.7 Å².